The van der Waals surface area contributed by atoms with Crippen LogP contribution in [0.15, 0.2) is 27.8 Å². The molecular weight excluding hydrogens is 455 g/mol. The molecule has 1 aromatic rings. The van der Waals surface area contributed by atoms with Crippen molar-refractivity contribution < 1.29 is 9.52 Å². The summed E-state index contributed by atoms with van der Waals surface area (Å²) in [7, 11) is 0. The maximum atomic E-state index is 10.2. The van der Waals surface area contributed by atoms with Crippen LogP contribution in [0.4, 0.5) is 0 Å². The van der Waals surface area contributed by atoms with Crippen molar-refractivity contribution in [2.75, 3.05) is 39.3 Å². The van der Waals surface area contributed by atoms with E-state index in [1.807, 2.05) is 0 Å². The van der Waals surface area contributed by atoms with Crippen molar-refractivity contribution in [1.29, 1.82) is 0 Å². The molecule has 3 aliphatic rings. The first-order chi connectivity index (χ1) is 12.7. The number of hydrogen-bond donors (Lipinski definition) is 2. The van der Waals surface area contributed by atoms with Crippen LogP contribution in [-0.4, -0.2) is 66.2 Å². The predicted molar refractivity (Wildman–Crippen MR) is 117 cm³/mol. The van der Waals surface area contributed by atoms with Crippen LogP contribution in [0.3, 0.4) is 0 Å². The zero-order valence-corrected chi connectivity index (χ0v) is 18.5. The number of guanidine groups is 1. The topological polar surface area (TPSA) is 64.2 Å². The first-order valence-electron chi connectivity index (χ1n) is 10.2. The van der Waals surface area contributed by atoms with Gasteiger partial charge in [0.2, 0.25) is 0 Å². The number of aliphatic hydroxyl groups excluding tert-OH is 1. The first-order valence-corrected chi connectivity index (χ1v) is 10.2. The molecule has 6 nitrogen and oxygen atoms in total. The first kappa shape index (κ1) is 20.9. The number of aliphatic imine (C=N–C) groups is 1. The molecule has 2 bridgehead atoms. The fourth-order valence-corrected chi connectivity index (χ4v) is 5.09. The van der Waals surface area contributed by atoms with E-state index < -0.39 is 6.10 Å². The summed E-state index contributed by atoms with van der Waals surface area (Å²) in [6.07, 6.45) is 6.71. The van der Waals surface area contributed by atoms with Crippen molar-refractivity contribution >= 4 is 29.9 Å². The Morgan fingerprint density at radius 3 is 2.70 bits per heavy atom. The van der Waals surface area contributed by atoms with Gasteiger partial charge in [-0.15, -0.1) is 24.0 Å². The molecule has 0 amide bonds. The van der Waals surface area contributed by atoms with E-state index in [-0.39, 0.29) is 24.0 Å². The standard InChI is InChI=1S/C20H32N4O2.HI/c1-2-21-20(22-14-18(25)19-4-3-11-26-19)24-9-7-23(8-10-24)17-13-15-5-6-16(17)12-15;/h3-4,11,15-18,25H,2,5-10,12-14H2,1H3,(H,21,22);1H. The third-order valence-electron chi connectivity index (χ3n) is 6.40. The number of nitrogens with one attached hydrogen (secondary N) is 1. The van der Waals surface area contributed by atoms with E-state index in [1.54, 1.807) is 18.4 Å². The van der Waals surface area contributed by atoms with Gasteiger partial charge in [0.1, 0.15) is 11.9 Å². The lowest BCUT2D eigenvalue weighted by atomic mass is 9.93. The molecule has 2 aliphatic carbocycles. The molecule has 0 spiro atoms. The van der Waals surface area contributed by atoms with Crippen LogP contribution in [0.25, 0.3) is 0 Å². The fourth-order valence-electron chi connectivity index (χ4n) is 5.09. The summed E-state index contributed by atoms with van der Waals surface area (Å²) < 4.78 is 5.27. The Bertz CT molecular complexity index is 601. The maximum Gasteiger partial charge on any atom is 0.194 e. The van der Waals surface area contributed by atoms with E-state index in [1.165, 1.54) is 25.7 Å². The van der Waals surface area contributed by atoms with Gasteiger partial charge in [0.05, 0.1) is 12.8 Å². The highest BCUT2D eigenvalue weighted by Gasteiger charge is 2.42. The molecule has 1 aliphatic heterocycles. The van der Waals surface area contributed by atoms with E-state index in [0.717, 1.165) is 56.6 Å². The van der Waals surface area contributed by atoms with Crippen molar-refractivity contribution in [3.63, 3.8) is 0 Å². The summed E-state index contributed by atoms with van der Waals surface area (Å²) in [6.45, 7) is 7.51. The molecule has 2 saturated carbocycles. The second kappa shape index (κ2) is 9.60. The highest BCUT2D eigenvalue weighted by atomic mass is 127. The molecule has 0 radical (unpaired) electrons. The van der Waals surface area contributed by atoms with Crippen LogP contribution in [0.5, 0.6) is 0 Å². The highest BCUT2D eigenvalue weighted by Crippen LogP contribution is 2.46. The van der Waals surface area contributed by atoms with Gasteiger partial charge in [0, 0.05) is 38.8 Å². The van der Waals surface area contributed by atoms with Gasteiger partial charge in [0.25, 0.3) is 0 Å². The van der Waals surface area contributed by atoms with Crippen LogP contribution in [0.1, 0.15) is 44.5 Å². The molecule has 1 aromatic heterocycles. The van der Waals surface area contributed by atoms with Crippen LogP contribution >= 0.6 is 24.0 Å². The summed E-state index contributed by atoms with van der Waals surface area (Å²) >= 11 is 0. The van der Waals surface area contributed by atoms with Crippen molar-refractivity contribution in [2.24, 2.45) is 16.8 Å². The average molecular weight is 488 g/mol. The number of piperazine rings is 1. The second-order valence-corrected chi connectivity index (χ2v) is 7.99. The zero-order valence-electron chi connectivity index (χ0n) is 16.2. The second-order valence-electron chi connectivity index (χ2n) is 7.99. The third kappa shape index (κ3) is 4.79. The molecule has 3 fully saturated rings. The number of halogens is 1. The van der Waals surface area contributed by atoms with E-state index in [4.69, 9.17) is 4.42 Å². The minimum Gasteiger partial charge on any atom is -0.467 e. The maximum absolute atomic E-state index is 10.2. The number of aliphatic hydroxyl groups is 1. The van der Waals surface area contributed by atoms with Crippen molar-refractivity contribution in [1.82, 2.24) is 15.1 Å². The Morgan fingerprint density at radius 1 is 1.30 bits per heavy atom. The van der Waals surface area contributed by atoms with Gasteiger partial charge < -0.3 is 19.7 Å². The number of nitrogens with zero attached hydrogens (tertiary/aromatic N) is 3. The summed E-state index contributed by atoms with van der Waals surface area (Å²) in [6, 6.07) is 4.42. The van der Waals surface area contributed by atoms with Gasteiger partial charge in [0.15, 0.2) is 5.96 Å². The van der Waals surface area contributed by atoms with E-state index in [9.17, 15) is 5.11 Å². The minimum absolute atomic E-state index is 0. The lowest BCUT2D eigenvalue weighted by molar-refractivity contribution is 0.0955. The summed E-state index contributed by atoms with van der Waals surface area (Å²) in [5, 5.41) is 13.6. The Morgan fingerprint density at radius 2 is 2.11 bits per heavy atom. The Hall–Kier alpha value is -0.800. The van der Waals surface area contributed by atoms with Crippen molar-refractivity contribution in [3.8, 4) is 0 Å². The lowest BCUT2D eigenvalue weighted by Gasteiger charge is -2.42. The molecule has 152 valence electrons. The molecular formula is C20H33IN4O2. The third-order valence-corrected chi connectivity index (χ3v) is 6.40. The van der Waals surface area contributed by atoms with E-state index in [0.29, 0.717) is 12.3 Å². The van der Waals surface area contributed by atoms with E-state index in [2.05, 4.69) is 27.0 Å². The Balaban J connectivity index is 0.00000210. The number of hydrogen-bond acceptors (Lipinski definition) is 4. The lowest BCUT2D eigenvalue weighted by Crippen LogP contribution is -2.55. The fraction of sp³-hybridized carbons (Fsp3) is 0.750. The summed E-state index contributed by atoms with van der Waals surface area (Å²) in [5.41, 5.74) is 0. The largest absolute Gasteiger partial charge is 0.467 e. The van der Waals surface area contributed by atoms with Gasteiger partial charge >= 0.3 is 0 Å². The normalized spacial score (nSPS) is 29.6. The molecule has 1 saturated heterocycles. The highest BCUT2D eigenvalue weighted by molar-refractivity contribution is 14.0. The van der Waals surface area contributed by atoms with Gasteiger partial charge in [-0.1, -0.05) is 6.42 Å². The van der Waals surface area contributed by atoms with Crippen LogP contribution in [-0.2, 0) is 0 Å². The zero-order chi connectivity index (χ0) is 17.9. The van der Waals surface area contributed by atoms with Gasteiger partial charge in [-0.25, -0.2) is 4.99 Å². The average Bonchev–Trinajstić information content (AvgIpc) is 3.43. The number of rotatable bonds is 5. The van der Waals surface area contributed by atoms with Gasteiger partial charge in [-0.05, 0) is 50.2 Å². The van der Waals surface area contributed by atoms with Crippen LogP contribution < -0.4 is 5.32 Å². The molecule has 4 unspecified atom stereocenters. The van der Waals surface area contributed by atoms with Crippen LogP contribution in [0, 0.1) is 11.8 Å². The molecule has 0 aromatic carbocycles. The van der Waals surface area contributed by atoms with Crippen molar-refractivity contribution in [3.05, 3.63) is 24.2 Å². The summed E-state index contributed by atoms with van der Waals surface area (Å²) in [5.74, 6) is 3.44. The summed E-state index contributed by atoms with van der Waals surface area (Å²) in [4.78, 5) is 9.72. The van der Waals surface area contributed by atoms with Gasteiger partial charge in [-0.3, -0.25) is 4.90 Å². The minimum atomic E-state index is -0.686. The Kier molecular flexibility index (Phi) is 7.44. The number of furan rings is 1. The predicted octanol–water partition coefficient (Wildman–Crippen LogP) is 2.70. The molecule has 4 rings (SSSR count). The van der Waals surface area contributed by atoms with Gasteiger partial charge in [-0.2, -0.15) is 0 Å². The van der Waals surface area contributed by atoms with E-state index >= 15 is 0 Å². The SMILES string of the molecule is CCNC(=NCC(O)c1ccco1)N1CCN(C2CC3CCC2C3)CC1.I. The smallest absolute Gasteiger partial charge is 0.194 e. The quantitative estimate of drug-likeness (QED) is 0.379. The Labute approximate surface area is 179 Å². The monoisotopic (exact) mass is 488 g/mol. The molecule has 2 N–H and O–H groups in total. The van der Waals surface area contributed by atoms with Crippen molar-refractivity contribution in [2.45, 2.75) is 44.8 Å². The molecule has 2 heterocycles. The van der Waals surface area contributed by atoms with Crippen LogP contribution in [0.2, 0.25) is 0 Å². The number of fused-ring (bicyclic) bond motifs is 2. The molecule has 4 atom stereocenters. The molecule has 27 heavy (non-hydrogen) atoms. The molecule has 7 heteroatoms.